The van der Waals surface area contributed by atoms with Crippen LogP contribution in [-0.2, 0) is 16.1 Å². The van der Waals surface area contributed by atoms with Gasteiger partial charge in [-0.05, 0) is 44.0 Å². The van der Waals surface area contributed by atoms with Crippen LogP contribution >= 0.6 is 27.5 Å². The topological polar surface area (TPSA) is 58.6 Å². The molecule has 1 unspecified atom stereocenters. The van der Waals surface area contributed by atoms with Crippen LogP contribution in [0.25, 0.3) is 0 Å². The van der Waals surface area contributed by atoms with Gasteiger partial charge < -0.3 is 15.0 Å². The summed E-state index contributed by atoms with van der Waals surface area (Å²) in [5.74, 6) is -0.0222. The first-order chi connectivity index (χ1) is 13.8. The van der Waals surface area contributed by atoms with Crippen molar-refractivity contribution >= 4 is 39.3 Å². The lowest BCUT2D eigenvalue weighted by Gasteiger charge is -2.30. The van der Waals surface area contributed by atoms with Crippen LogP contribution in [0.1, 0.15) is 31.4 Å². The summed E-state index contributed by atoms with van der Waals surface area (Å²) in [5.41, 5.74) is 2.06. The summed E-state index contributed by atoms with van der Waals surface area (Å²) in [6.07, 6.45) is 0.502. The highest BCUT2D eigenvalue weighted by atomic mass is 79.9. The number of rotatable bonds is 9. The normalized spacial score (nSPS) is 11.6. The van der Waals surface area contributed by atoms with Crippen molar-refractivity contribution in [3.63, 3.8) is 0 Å². The van der Waals surface area contributed by atoms with E-state index in [0.717, 1.165) is 15.6 Å². The number of carbonyl (C=O) groups excluding carboxylic acids is 2. The maximum Gasteiger partial charge on any atom is 0.261 e. The summed E-state index contributed by atoms with van der Waals surface area (Å²) in [6, 6.07) is 12.5. The second-order valence-electron chi connectivity index (χ2n) is 6.69. The number of likely N-dealkylation sites (N-methyl/N-ethyl adjacent to an activating group) is 1. The third-order valence-corrected chi connectivity index (χ3v) is 5.21. The van der Waals surface area contributed by atoms with Crippen molar-refractivity contribution in [1.82, 2.24) is 10.2 Å². The Hall–Kier alpha value is -2.05. The molecule has 0 spiro atoms. The predicted octanol–water partition coefficient (Wildman–Crippen LogP) is 4.73. The number of nitrogens with one attached hydrogen (secondary N) is 1. The number of aryl methyl sites for hydroxylation is 1. The Balaban J connectivity index is 2.22. The smallest absolute Gasteiger partial charge is 0.261 e. The summed E-state index contributed by atoms with van der Waals surface area (Å²) in [5, 5.41) is 3.23. The zero-order valence-corrected chi connectivity index (χ0v) is 19.2. The summed E-state index contributed by atoms with van der Waals surface area (Å²) in [4.78, 5) is 27.2. The second-order valence-corrected chi connectivity index (χ2v) is 8.02. The van der Waals surface area contributed by atoms with E-state index in [2.05, 4.69) is 21.2 Å². The molecule has 0 aliphatic heterocycles. The molecule has 0 saturated carbocycles. The van der Waals surface area contributed by atoms with Crippen molar-refractivity contribution in [2.45, 2.75) is 39.8 Å². The Kier molecular flexibility index (Phi) is 8.99. The van der Waals surface area contributed by atoms with E-state index >= 15 is 0 Å². The molecule has 0 aromatic heterocycles. The van der Waals surface area contributed by atoms with Gasteiger partial charge in [0.15, 0.2) is 6.61 Å². The first kappa shape index (κ1) is 23.2. The van der Waals surface area contributed by atoms with Crippen LogP contribution in [0, 0.1) is 6.92 Å². The molecule has 0 saturated heterocycles. The molecule has 0 aliphatic rings. The quantitative estimate of drug-likeness (QED) is 0.563. The highest BCUT2D eigenvalue weighted by molar-refractivity contribution is 9.10. The van der Waals surface area contributed by atoms with Gasteiger partial charge in [0.05, 0.1) is 5.02 Å². The van der Waals surface area contributed by atoms with Gasteiger partial charge in [-0.2, -0.15) is 0 Å². The zero-order valence-electron chi connectivity index (χ0n) is 16.9. The molecule has 2 aromatic rings. The van der Waals surface area contributed by atoms with Crippen molar-refractivity contribution in [1.29, 1.82) is 0 Å². The molecule has 2 amide bonds. The Morgan fingerprint density at radius 1 is 1.21 bits per heavy atom. The van der Waals surface area contributed by atoms with Crippen LogP contribution in [0.4, 0.5) is 0 Å². The van der Waals surface area contributed by atoms with E-state index < -0.39 is 6.04 Å². The average Bonchev–Trinajstić information content (AvgIpc) is 2.67. The van der Waals surface area contributed by atoms with Gasteiger partial charge in [-0.15, -0.1) is 0 Å². The Bertz CT molecular complexity index is 860. The molecule has 0 fully saturated rings. The summed E-state index contributed by atoms with van der Waals surface area (Å²) in [7, 11) is 0. The van der Waals surface area contributed by atoms with Gasteiger partial charge in [-0.1, -0.05) is 64.3 Å². The molecule has 0 radical (unpaired) electrons. The maximum atomic E-state index is 13.1. The van der Waals surface area contributed by atoms with Crippen LogP contribution in [0.15, 0.2) is 46.9 Å². The molecule has 2 rings (SSSR count). The fourth-order valence-corrected chi connectivity index (χ4v) is 3.76. The van der Waals surface area contributed by atoms with Crippen molar-refractivity contribution in [3.8, 4) is 5.75 Å². The SMILES string of the molecule is CCNC(=O)C(CC)N(Cc1cccc(C)c1)C(=O)COc1ccc(Br)cc1Cl. The molecule has 0 aliphatic carbocycles. The van der Waals surface area contributed by atoms with Crippen molar-refractivity contribution in [2.24, 2.45) is 0 Å². The van der Waals surface area contributed by atoms with E-state index in [4.69, 9.17) is 16.3 Å². The predicted molar refractivity (Wildman–Crippen MR) is 119 cm³/mol. The van der Waals surface area contributed by atoms with Crippen molar-refractivity contribution < 1.29 is 14.3 Å². The molecule has 7 heteroatoms. The summed E-state index contributed by atoms with van der Waals surface area (Å²) < 4.78 is 6.48. The van der Waals surface area contributed by atoms with Crippen LogP contribution in [-0.4, -0.2) is 35.9 Å². The lowest BCUT2D eigenvalue weighted by atomic mass is 10.1. The van der Waals surface area contributed by atoms with E-state index in [9.17, 15) is 9.59 Å². The third kappa shape index (κ3) is 6.75. The minimum atomic E-state index is -0.577. The van der Waals surface area contributed by atoms with Gasteiger partial charge in [0.2, 0.25) is 5.91 Å². The molecule has 5 nitrogen and oxygen atoms in total. The number of carbonyl (C=O) groups is 2. The minimum absolute atomic E-state index is 0.169. The highest BCUT2D eigenvalue weighted by Crippen LogP contribution is 2.27. The molecule has 2 aromatic carbocycles. The Morgan fingerprint density at radius 2 is 1.97 bits per heavy atom. The van der Waals surface area contributed by atoms with Gasteiger partial charge in [0.1, 0.15) is 11.8 Å². The van der Waals surface area contributed by atoms with Crippen LogP contribution in [0.5, 0.6) is 5.75 Å². The van der Waals surface area contributed by atoms with E-state index in [0.29, 0.717) is 30.3 Å². The lowest BCUT2D eigenvalue weighted by molar-refractivity contribution is -0.142. The standard InChI is InChI=1S/C22H26BrClN2O3/c1-4-19(22(28)25-5-2)26(13-16-8-6-7-15(3)11-16)21(27)14-29-20-10-9-17(23)12-18(20)24/h6-12,19H,4-5,13-14H2,1-3H3,(H,25,28). The van der Waals surface area contributed by atoms with E-state index in [1.807, 2.05) is 45.0 Å². The van der Waals surface area contributed by atoms with Gasteiger partial charge in [0, 0.05) is 17.6 Å². The van der Waals surface area contributed by atoms with Crippen LogP contribution < -0.4 is 10.1 Å². The number of benzene rings is 2. The Morgan fingerprint density at radius 3 is 2.59 bits per heavy atom. The number of hydrogen-bond donors (Lipinski definition) is 1. The van der Waals surface area contributed by atoms with E-state index in [1.165, 1.54) is 0 Å². The largest absolute Gasteiger partial charge is 0.482 e. The minimum Gasteiger partial charge on any atom is -0.482 e. The van der Waals surface area contributed by atoms with Crippen LogP contribution in [0.2, 0.25) is 5.02 Å². The zero-order chi connectivity index (χ0) is 21.4. The maximum absolute atomic E-state index is 13.1. The van der Waals surface area contributed by atoms with Crippen molar-refractivity contribution in [3.05, 3.63) is 63.1 Å². The number of hydrogen-bond acceptors (Lipinski definition) is 3. The fraction of sp³-hybridized carbons (Fsp3) is 0.364. The van der Waals surface area contributed by atoms with Crippen molar-refractivity contribution in [2.75, 3.05) is 13.2 Å². The number of ether oxygens (including phenoxy) is 1. The lowest BCUT2D eigenvalue weighted by Crippen LogP contribution is -2.50. The second kappa shape index (κ2) is 11.2. The van der Waals surface area contributed by atoms with E-state index in [-0.39, 0.29) is 18.4 Å². The number of nitrogens with zero attached hydrogens (tertiary/aromatic N) is 1. The molecule has 1 atom stereocenters. The molecular formula is C22H26BrClN2O3. The monoisotopic (exact) mass is 480 g/mol. The first-order valence-electron chi connectivity index (χ1n) is 9.56. The van der Waals surface area contributed by atoms with Gasteiger partial charge in [0.25, 0.3) is 5.91 Å². The summed E-state index contributed by atoms with van der Waals surface area (Å²) >= 11 is 9.52. The average molecular weight is 482 g/mol. The van der Waals surface area contributed by atoms with Gasteiger partial charge in [-0.25, -0.2) is 0 Å². The molecule has 29 heavy (non-hydrogen) atoms. The third-order valence-electron chi connectivity index (χ3n) is 4.42. The fourth-order valence-electron chi connectivity index (χ4n) is 3.03. The van der Waals surface area contributed by atoms with Gasteiger partial charge >= 0.3 is 0 Å². The van der Waals surface area contributed by atoms with E-state index in [1.54, 1.807) is 23.1 Å². The van der Waals surface area contributed by atoms with Gasteiger partial charge in [-0.3, -0.25) is 9.59 Å². The molecular weight excluding hydrogens is 456 g/mol. The molecule has 1 N–H and O–H groups in total. The highest BCUT2D eigenvalue weighted by Gasteiger charge is 2.28. The molecule has 156 valence electrons. The molecule has 0 bridgehead atoms. The first-order valence-corrected chi connectivity index (χ1v) is 10.7. The number of amides is 2. The Labute approximate surface area is 185 Å². The van der Waals surface area contributed by atoms with Crippen LogP contribution in [0.3, 0.4) is 0 Å². The number of halogens is 2. The molecule has 0 heterocycles. The summed E-state index contributed by atoms with van der Waals surface area (Å²) in [6.45, 7) is 6.37.